The van der Waals surface area contributed by atoms with Crippen LogP contribution < -0.4 is 0 Å². The van der Waals surface area contributed by atoms with Crippen LogP contribution in [0.15, 0.2) is 121 Å². The summed E-state index contributed by atoms with van der Waals surface area (Å²) in [5.41, 5.74) is 7.74. The molecule has 38 heavy (non-hydrogen) atoms. The van der Waals surface area contributed by atoms with Gasteiger partial charge in [0.25, 0.3) is 0 Å². The van der Waals surface area contributed by atoms with E-state index < -0.39 is 0 Å². The number of hydrogen-bond donors (Lipinski definition) is 0. The Hall–Kier alpha value is -4.89. The molecule has 5 aromatic carbocycles. The molecule has 182 valence electrons. The van der Waals surface area contributed by atoms with Crippen LogP contribution in [0.2, 0.25) is 0 Å². The fraction of sp³-hybridized carbons (Fsp3) is 0.0571. The summed E-state index contributed by atoms with van der Waals surface area (Å²) in [7, 11) is 0. The van der Waals surface area contributed by atoms with Gasteiger partial charge in [-0.3, -0.25) is 0 Å². The summed E-state index contributed by atoms with van der Waals surface area (Å²) in [5, 5.41) is 2.46. The predicted octanol–water partition coefficient (Wildman–Crippen LogP) is 9.03. The van der Waals surface area contributed by atoms with Crippen molar-refractivity contribution in [3.05, 3.63) is 132 Å². The number of fused-ring (bicyclic) bond motifs is 1. The molecule has 0 saturated carbocycles. The van der Waals surface area contributed by atoms with Crippen molar-refractivity contribution < 1.29 is 0 Å². The van der Waals surface area contributed by atoms with E-state index in [0.29, 0.717) is 17.5 Å². The van der Waals surface area contributed by atoms with E-state index in [9.17, 15) is 0 Å². The van der Waals surface area contributed by atoms with Gasteiger partial charge in [0.2, 0.25) is 0 Å². The maximum Gasteiger partial charge on any atom is 0.164 e. The number of aromatic nitrogens is 3. The Bertz CT molecular complexity index is 1710. The minimum absolute atomic E-state index is 0.658. The number of benzene rings is 5. The number of nitrogens with zero attached hydrogens (tertiary/aromatic N) is 3. The SMILES string of the molecule is C/C=C\c1cc2ccccc2c(-c2cccc(-c3nc(-c4ccccc4)nc(-c4ccccc4)n3)c2)c1C. The quantitative estimate of drug-likeness (QED) is 0.242. The molecule has 0 N–H and O–H groups in total. The van der Waals surface area contributed by atoms with Crippen molar-refractivity contribution in [2.45, 2.75) is 13.8 Å². The molecular formula is C35H27N3. The molecule has 0 saturated heterocycles. The van der Waals surface area contributed by atoms with Crippen molar-refractivity contribution in [1.29, 1.82) is 0 Å². The number of hydrogen-bond acceptors (Lipinski definition) is 3. The molecule has 0 atom stereocenters. The van der Waals surface area contributed by atoms with E-state index in [1.165, 1.54) is 27.5 Å². The van der Waals surface area contributed by atoms with Gasteiger partial charge in [0.15, 0.2) is 17.5 Å². The highest BCUT2D eigenvalue weighted by Gasteiger charge is 2.15. The lowest BCUT2D eigenvalue weighted by Crippen LogP contribution is -2.00. The van der Waals surface area contributed by atoms with Crippen LogP contribution in [0.5, 0.6) is 0 Å². The first-order chi connectivity index (χ1) is 18.7. The zero-order valence-corrected chi connectivity index (χ0v) is 21.5. The van der Waals surface area contributed by atoms with Gasteiger partial charge in [0, 0.05) is 16.7 Å². The number of allylic oxidation sites excluding steroid dienone is 1. The van der Waals surface area contributed by atoms with E-state index in [0.717, 1.165) is 22.3 Å². The van der Waals surface area contributed by atoms with Crippen molar-refractivity contribution in [3.63, 3.8) is 0 Å². The third-order valence-electron chi connectivity index (χ3n) is 6.80. The van der Waals surface area contributed by atoms with Gasteiger partial charge in [0.1, 0.15) is 0 Å². The van der Waals surface area contributed by atoms with Gasteiger partial charge in [0.05, 0.1) is 0 Å². The monoisotopic (exact) mass is 489 g/mol. The van der Waals surface area contributed by atoms with Crippen LogP contribution in [0.1, 0.15) is 18.1 Å². The molecule has 6 rings (SSSR count). The second-order valence-electron chi connectivity index (χ2n) is 9.31. The minimum atomic E-state index is 0.658. The zero-order chi connectivity index (χ0) is 25.9. The van der Waals surface area contributed by atoms with Gasteiger partial charge in [-0.2, -0.15) is 0 Å². The van der Waals surface area contributed by atoms with Crippen LogP contribution in [-0.4, -0.2) is 15.0 Å². The molecule has 0 spiro atoms. The minimum Gasteiger partial charge on any atom is -0.208 e. The molecule has 1 aromatic heterocycles. The van der Waals surface area contributed by atoms with Gasteiger partial charge in [-0.1, -0.05) is 115 Å². The second-order valence-corrected chi connectivity index (χ2v) is 9.31. The van der Waals surface area contributed by atoms with Crippen LogP contribution in [0.3, 0.4) is 0 Å². The Morgan fingerprint density at radius 3 is 1.68 bits per heavy atom. The average molecular weight is 490 g/mol. The van der Waals surface area contributed by atoms with Crippen molar-refractivity contribution in [2.75, 3.05) is 0 Å². The maximum absolute atomic E-state index is 4.93. The first-order valence-electron chi connectivity index (χ1n) is 12.8. The third-order valence-corrected chi connectivity index (χ3v) is 6.80. The van der Waals surface area contributed by atoms with Crippen LogP contribution in [0.4, 0.5) is 0 Å². The number of rotatable bonds is 5. The lowest BCUT2D eigenvalue weighted by Gasteiger charge is -2.15. The first-order valence-corrected chi connectivity index (χ1v) is 12.8. The Morgan fingerprint density at radius 1 is 0.526 bits per heavy atom. The standard InChI is InChI=1S/C35H27N3/c1-3-13-27-22-28-18-10-11-21-31(28)32(24(27)2)29-19-12-20-30(23-29)35-37-33(25-14-6-4-7-15-25)36-34(38-35)26-16-8-5-9-17-26/h3-23H,1-2H3/b13-3-. The lowest BCUT2D eigenvalue weighted by atomic mass is 9.89. The van der Waals surface area contributed by atoms with Gasteiger partial charge in [-0.25, -0.2) is 15.0 Å². The summed E-state index contributed by atoms with van der Waals surface area (Å²) in [5.74, 6) is 1.99. The largest absolute Gasteiger partial charge is 0.208 e. The summed E-state index contributed by atoms with van der Waals surface area (Å²) in [6, 6.07) is 39.6. The van der Waals surface area contributed by atoms with Crippen molar-refractivity contribution in [2.24, 2.45) is 0 Å². The summed E-state index contributed by atoms with van der Waals surface area (Å²) in [4.78, 5) is 14.7. The topological polar surface area (TPSA) is 38.7 Å². The second kappa shape index (κ2) is 10.2. The fourth-order valence-electron chi connectivity index (χ4n) is 4.95. The zero-order valence-electron chi connectivity index (χ0n) is 21.5. The summed E-state index contributed by atoms with van der Waals surface area (Å²) < 4.78 is 0. The van der Waals surface area contributed by atoms with E-state index in [1.54, 1.807) is 0 Å². The van der Waals surface area contributed by atoms with Crippen molar-refractivity contribution >= 4 is 16.8 Å². The van der Waals surface area contributed by atoms with E-state index in [2.05, 4.69) is 80.6 Å². The summed E-state index contributed by atoms with van der Waals surface area (Å²) in [6.07, 6.45) is 4.28. The third kappa shape index (κ3) is 4.51. The molecule has 0 aliphatic heterocycles. The van der Waals surface area contributed by atoms with Crippen LogP contribution in [-0.2, 0) is 0 Å². The van der Waals surface area contributed by atoms with E-state index >= 15 is 0 Å². The molecule has 0 aliphatic carbocycles. The molecule has 0 unspecified atom stereocenters. The van der Waals surface area contributed by atoms with Crippen LogP contribution >= 0.6 is 0 Å². The molecule has 0 radical (unpaired) electrons. The van der Waals surface area contributed by atoms with Gasteiger partial charge in [-0.15, -0.1) is 0 Å². The smallest absolute Gasteiger partial charge is 0.164 e. The van der Waals surface area contributed by atoms with Gasteiger partial charge in [-0.05, 0) is 59.0 Å². The molecule has 0 bridgehead atoms. The highest BCUT2D eigenvalue weighted by Crippen LogP contribution is 2.36. The predicted molar refractivity (Wildman–Crippen MR) is 159 cm³/mol. The van der Waals surface area contributed by atoms with Crippen molar-refractivity contribution in [1.82, 2.24) is 15.0 Å². The highest BCUT2D eigenvalue weighted by atomic mass is 15.0. The summed E-state index contributed by atoms with van der Waals surface area (Å²) in [6.45, 7) is 4.26. The molecule has 6 aromatic rings. The Labute approximate surface area is 223 Å². The molecular weight excluding hydrogens is 462 g/mol. The van der Waals surface area contributed by atoms with E-state index in [4.69, 9.17) is 15.0 Å². The molecule has 0 aliphatic rings. The van der Waals surface area contributed by atoms with E-state index in [1.807, 2.05) is 60.7 Å². The van der Waals surface area contributed by atoms with Crippen molar-refractivity contribution in [3.8, 4) is 45.3 Å². The Balaban J connectivity index is 1.55. The Morgan fingerprint density at radius 2 is 1.05 bits per heavy atom. The van der Waals surface area contributed by atoms with Gasteiger partial charge >= 0.3 is 0 Å². The molecule has 3 heteroatoms. The van der Waals surface area contributed by atoms with Gasteiger partial charge < -0.3 is 0 Å². The lowest BCUT2D eigenvalue weighted by molar-refractivity contribution is 1.07. The Kier molecular flexibility index (Phi) is 6.33. The molecule has 1 heterocycles. The average Bonchev–Trinajstić information content (AvgIpc) is 2.98. The van der Waals surface area contributed by atoms with Crippen LogP contribution in [0, 0.1) is 6.92 Å². The van der Waals surface area contributed by atoms with Crippen LogP contribution in [0.25, 0.3) is 62.1 Å². The highest BCUT2D eigenvalue weighted by molar-refractivity contribution is 6.00. The normalized spacial score (nSPS) is 11.3. The first kappa shape index (κ1) is 23.5. The van der Waals surface area contributed by atoms with E-state index in [-0.39, 0.29) is 0 Å². The fourth-order valence-corrected chi connectivity index (χ4v) is 4.95. The summed E-state index contributed by atoms with van der Waals surface area (Å²) >= 11 is 0. The maximum atomic E-state index is 4.93. The molecule has 3 nitrogen and oxygen atoms in total. The molecule has 0 amide bonds. The molecule has 0 fully saturated rings.